The van der Waals surface area contributed by atoms with Crippen LogP contribution in [0.4, 0.5) is 5.95 Å². The number of nitrogens with zero attached hydrogens (tertiary/aromatic N) is 2. The number of anilines is 1. The van der Waals surface area contributed by atoms with Crippen LogP contribution in [0.15, 0.2) is 6.33 Å². The van der Waals surface area contributed by atoms with Crippen molar-refractivity contribution in [1.29, 1.82) is 0 Å². The molecular weight excluding hydrogens is 192 g/mol. The van der Waals surface area contributed by atoms with E-state index in [1.807, 2.05) is 0 Å². The molecule has 5 nitrogen and oxygen atoms in total. The molecule has 0 spiro atoms. The van der Waals surface area contributed by atoms with Crippen LogP contribution in [-0.4, -0.2) is 21.1 Å². The van der Waals surface area contributed by atoms with Crippen molar-refractivity contribution in [3.05, 3.63) is 6.33 Å². The van der Waals surface area contributed by atoms with Gasteiger partial charge in [0.1, 0.15) is 6.33 Å². The number of carbonyl (C=O) groups excluding carboxylic acids is 1. The van der Waals surface area contributed by atoms with E-state index in [1.165, 1.54) is 25.6 Å². The highest BCUT2D eigenvalue weighted by Crippen LogP contribution is 2.05. The molecule has 2 N–H and O–H groups in total. The fourth-order valence-corrected chi connectivity index (χ4v) is 1.35. The molecule has 15 heavy (non-hydrogen) atoms. The summed E-state index contributed by atoms with van der Waals surface area (Å²) in [6.45, 7) is 2.18. The number of aromatic nitrogens is 3. The second kappa shape index (κ2) is 6.98. The lowest BCUT2D eigenvalue weighted by Gasteiger charge is -2.01. The monoisotopic (exact) mass is 210 g/mol. The van der Waals surface area contributed by atoms with Crippen molar-refractivity contribution < 1.29 is 4.79 Å². The summed E-state index contributed by atoms with van der Waals surface area (Å²) >= 11 is 0. The molecule has 0 bridgehead atoms. The minimum atomic E-state index is 0.00301. The lowest BCUT2D eigenvalue weighted by molar-refractivity contribution is -0.116. The van der Waals surface area contributed by atoms with Crippen LogP contribution in [0, 0.1) is 0 Å². The number of nitrogens with one attached hydrogen (secondary N) is 2. The minimum absolute atomic E-state index is 0.00301. The third kappa shape index (κ3) is 5.15. The molecule has 84 valence electrons. The maximum absolute atomic E-state index is 11.3. The fourth-order valence-electron chi connectivity index (χ4n) is 1.35. The Labute approximate surface area is 89.7 Å². The number of rotatable bonds is 7. The highest BCUT2D eigenvalue weighted by atomic mass is 16.1. The maximum Gasteiger partial charge on any atom is 0.226 e. The van der Waals surface area contributed by atoms with Gasteiger partial charge in [-0.15, -0.1) is 0 Å². The molecule has 1 rings (SSSR count). The van der Waals surface area contributed by atoms with Crippen molar-refractivity contribution in [2.24, 2.45) is 0 Å². The van der Waals surface area contributed by atoms with E-state index < -0.39 is 0 Å². The van der Waals surface area contributed by atoms with Gasteiger partial charge < -0.3 is 0 Å². The van der Waals surface area contributed by atoms with E-state index in [1.54, 1.807) is 0 Å². The summed E-state index contributed by atoms with van der Waals surface area (Å²) in [5, 5.41) is 8.88. The number of amides is 1. The van der Waals surface area contributed by atoms with Gasteiger partial charge in [0.25, 0.3) is 0 Å². The minimum Gasteiger partial charge on any atom is -0.295 e. The zero-order valence-corrected chi connectivity index (χ0v) is 9.12. The average molecular weight is 210 g/mol. The van der Waals surface area contributed by atoms with E-state index >= 15 is 0 Å². The van der Waals surface area contributed by atoms with Gasteiger partial charge in [-0.1, -0.05) is 32.6 Å². The van der Waals surface area contributed by atoms with Gasteiger partial charge in [-0.05, 0) is 6.42 Å². The third-order valence-electron chi connectivity index (χ3n) is 2.18. The first-order valence-corrected chi connectivity index (χ1v) is 5.48. The molecule has 0 aliphatic carbocycles. The summed E-state index contributed by atoms with van der Waals surface area (Å²) in [6, 6.07) is 0. The molecule has 0 fully saturated rings. The Morgan fingerprint density at radius 1 is 1.40 bits per heavy atom. The summed E-state index contributed by atoms with van der Waals surface area (Å²) in [7, 11) is 0. The molecule has 5 heteroatoms. The van der Waals surface area contributed by atoms with E-state index in [2.05, 4.69) is 27.4 Å². The van der Waals surface area contributed by atoms with Crippen LogP contribution in [0.3, 0.4) is 0 Å². The zero-order valence-electron chi connectivity index (χ0n) is 9.12. The van der Waals surface area contributed by atoms with E-state index in [4.69, 9.17) is 0 Å². The Balaban J connectivity index is 2.04. The van der Waals surface area contributed by atoms with E-state index in [0.717, 1.165) is 12.8 Å². The van der Waals surface area contributed by atoms with Gasteiger partial charge in [0.2, 0.25) is 11.9 Å². The molecule has 0 saturated carbocycles. The number of unbranched alkanes of at least 4 members (excludes halogenated alkanes) is 4. The number of carbonyl (C=O) groups is 1. The molecular formula is C10H18N4O. The molecule has 0 radical (unpaired) electrons. The van der Waals surface area contributed by atoms with Crippen molar-refractivity contribution >= 4 is 11.9 Å². The molecule has 0 aromatic carbocycles. The molecule has 1 aromatic heterocycles. The van der Waals surface area contributed by atoms with Crippen LogP contribution >= 0.6 is 0 Å². The second-order valence-electron chi connectivity index (χ2n) is 3.55. The van der Waals surface area contributed by atoms with Crippen molar-refractivity contribution in [2.45, 2.75) is 45.4 Å². The first-order chi connectivity index (χ1) is 7.33. The van der Waals surface area contributed by atoms with Crippen LogP contribution in [0.25, 0.3) is 0 Å². The van der Waals surface area contributed by atoms with Crippen molar-refractivity contribution in [3.63, 3.8) is 0 Å². The molecule has 1 heterocycles. The van der Waals surface area contributed by atoms with Gasteiger partial charge in [-0.2, -0.15) is 10.1 Å². The Bertz CT molecular complexity index is 271. The number of H-pyrrole nitrogens is 1. The van der Waals surface area contributed by atoms with Gasteiger partial charge in [-0.25, -0.2) is 5.10 Å². The van der Waals surface area contributed by atoms with Gasteiger partial charge >= 0.3 is 0 Å². The molecule has 1 amide bonds. The smallest absolute Gasteiger partial charge is 0.226 e. The van der Waals surface area contributed by atoms with Crippen LogP contribution in [0.2, 0.25) is 0 Å². The molecule has 0 unspecified atom stereocenters. The molecule has 0 atom stereocenters. The summed E-state index contributed by atoms with van der Waals surface area (Å²) in [5.74, 6) is 0.428. The van der Waals surface area contributed by atoms with E-state index in [0.29, 0.717) is 12.4 Å². The zero-order chi connectivity index (χ0) is 10.9. The van der Waals surface area contributed by atoms with Crippen LogP contribution < -0.4 is 5.32 Å². The standard InChI is InChI=1S/C10H18N4O/c1-2-3-4-5-6-7-9(15)13-10-11-8-12-14-10/h8H,2-7H2,1H3,(H2,11,12,13,14,15). The van der Waals surface area contributed by atoms with Crippen LogP contribution in [0.1, 0.15) is 45.4 Å². The highest BCUT2D eigenvalue weighted by Gasteiger charge is 2.03. The summed E-state index contributed by atoms with van der Waals surface area (Å²) < 4.78 is 0. The number of aromatic amines is 1. The first-order valence-electron chi connectivity index (χ1n) is 5.48. The molecule has 0 aliphatic rings. The molecule has 0 saturated heterocycles. The van der Waals surface area contributed by atoms with Crippen LogP contribution in [0.5, 0.6) is 0 Å². The van der Waals surface area contributed by atoms with Crippen LogP contribution in [-0.2, 0) is 4.79 Å². The van der Waals surface area contributed by atoms with Gasteiger partial charge in [0.05, 0.1) is 0 Å². The topological polar surface area (TPSA) is 70.7 Å². The fraction of sp³-hybridized carbons (Fsp3) is 0.700. The summed E-state index contributed by atoms with van der Waals surface area (Å²) in [6.07, 6.45) is 7.69. The SMILES string of the molecule is CCCCCCCC(=O)Nc1ncn[nH]1. The van der Waals surface area contributed by atoms with Crippen molar-refractivity contribution in [1.82, 2.24) is 15.2 Å². The summed E-state index contributed by atoms with van der Waals surface area (Å²) in [5.41, 5.74) is 0. The highest BCUT2D eigenvalue weighted by molar-refractivity contribution is 5.88. The molecule has 1 aromatic rings. The third-order valence-corrected chi connectivity index (χ3v) is 2.18. The molecule has 0 aliphatic heterocycles. The Hall–Kier alpha value is -1.39. The largest absolute Gasteiger partial charge is 0.295 e. The predicted octanol–water partition coefficient (Wildman–Crippen LogP) is 2.10. The normalized spacial score (nSPS) is 10.2. The summed E-state index contributed by atoms with van der Waals surface area (Å²) in [4.78, 5) is 15.2. The second-order valence-corrected chi connectivity index (χ2v) is 3.55. The van der Waals surface area contributed by atoms with Gasteiger partial charge in [-0.3, -0.25) is 10.1 Å². The van der Waals surface area contributed by atoms with Gasteiger partial charge in [0.15, 0.2) is 0 Å². The van der Waals surface area contributed by atoms with Gasteiger partial charge in [0, 0.05) is 6.42 Å². The number of hydrogen-bond donors (Lipinski definition) is 2. The van der Waals surface area contributed by atoms with Crippen molar-refractivity contribution in [3.8, 4) is 0 Å². The van der Waals surface area contributed by atoms with E-state index in [-0.39, 0.29) is 5.91 Å². The maximum atomic E-state index is 11.3. The number of hydrogen-bond acceptors (Lipinski definition) is 3. The Kier molecular flexibility index (Phi) is 5.43. The van der Waals surface area contributed by atoms with E-state index in [9.17, 15) is 4.79 Å². The lowest BCUT2D eigenvalue weighted by Crippen LogP contribution is -2.12. The lowest BCUT2D eigenvalue weighted by atomic mass is 10.1. The predicted molar refractivity (Wildman–Crippen MR) is 58.4 cm³/mol. The average Bonchev–Trinajstić information content (AvgIpc) is 2.70. The Morgan fingerprint density at radius 2 is 2.20 bits per heavy atom. The quantitative estimate of drug-likeness (QED) is 0.677. The first kappa shape index (κ1) is 11.7. The Morgan fingerprint density at radius 3 is 2.87 bits per heavy atom. The van der Waals surface area contributed by atoms with Crippen molar-refractivity contribution in [2.75, 3.05) is 5.32 Å².